The number of fused-ring (bicyclic) bond motifs is 1. The number of nitrogens with one attached hydrogen (secondary N) is 1. The van der Waals surface area contributed by atoms with Gasteiger partial charge in [-0.25, -0.2) is 8.78 Å². The molecule has 2 atom stereocenters. The normalized spacial score (nSPS) is 17.8. The van der Waals surface area contributed by atoms with Crippen LogP contribution in [0.4, 0.5) is 8.78 Å². The van der Waals surface area contributed by atoms with Gasteiger partial charge in [0, 0.05) is 39.1 Å². The summed E-state index contributed by atoms with van der Waals surface area (Å²) in [5.74, 6) is -0.181. The van der Waals surface area contributed by atoms with Crippen LogP contribution < -0.4 is 0 Å². The zero-order chi connectivity index (χ0) is 19.3. The van der Waals surface area contributed by atoms with Gasteiger partial charge in [0.1, 0.15) is 11.6 Å². The van der Waals surface area contributed by atoms with E-state index in [-0.39, 0.29) is 23.3 Å². The van der Waals surface area contributed by atoms with E-state index in [1.54, 1.807) is 18.4 Å². The van der Waals surface area contributed by atoms with Crippen LogP contribution in [0.5, 0.6) is 0 Å². The van der Waals surface area contributed by atoms with Gasteiger partial charge >= 0.3 is 0 Å². The summed E-state index contributed by atoms with van der Waals surface area (Å²) in [6.45, 7) is 2.02. The first-order valence-electron chi connectivity index (χ1n) is 8.86. The molecule has 1 N–H and O–H groups in total. The van der Waals surface area contributed by atoms with Gasteiger partial charge in [0.05, 0.1) is 11.3 Å². The van der Waals surface area contributed by atoms with Crippen molar-refractivity contribution in [3.05, 3.63) is 69.9 Å². The average molecular weight is 408 g/mol. The fraction of sp³-hybridized carbons (Fsp3) is 0.333. The standard InChI is InChI=1S/C21H20ClF2NOS/c1-21(13-3-4-13,17-6-5-14(22)8-19(17)24)18-10-25-20-12(11-27(2)26)7-15(23)9-16(18)20/h5-10,13,25H,3-4,11H2,1-2H3. The Morgan fingerprint density at radius 3 is 2.59 bits per heavy atom. The van der Waals surface area contributed by atoms with Gasteiger partial charge in [0.25, 0.3) is 0 Å². The van der Waals surface area contributed by atoms with Gasteiger partial charge in [-0.2, -0.15) is 0 Å². The molecule has 0 saturated heterocycles. The lowest BCUT2D eigenvalue weighted by atomic mass is 9.72. The number of H-pyrrole nitrogens is 1. The summed E-state index contributed by atoms with van der Waals surface area (Å²) in [7, 11) is -1.09. The molecule has 27 heavy (non-hydrogen) atoms. The van der Waals surface area contributed by atoms with Crippen molar-refractivity contribution >= 4 is 33.3 Å². The van der Waals surface area contributed by atoms with Crippen LogP contribution in [0.25, 0.3) is 10.9 Å². The SMILES string of the molecule is CS(=O)Cc1cc(F)cc2c(C(C)(c3ccc(Cl)cc3F)C3CC3)c[nH]c12. The molecule has 1 aliphatic rings. The van der Waals surface area contributed by atoms with E-state index in [0.29, 0.717) is 16.1 Å². The quantitative estimate of drug-likeness (QED) is 0.578. The van der Waals surface area contributed by atoms with Crippen LogP contribution in [-0.4, -0.2) is 15.4 Å². The van der Waals surface area contributed by atoms with Crippen LogP contribution >= 0.6 is 11.6 Å². The van der Waals surface area contributed by atoms with Crippen LogP contribution in [0.3, 0.4) is 0 Å². The number of rotatable bonds is 5. The molecule has 1 heterocycles. The molecule has 0 aliphatic heterocycles. The zero-order valence-corrected chi connectivity index (χ0v) is 16.7. The highest BCUT2D eigenvalue weighted by molar-refractivity contribution is 7.83. The number of hydrogen-bond acceptors (Lipinski definition) is 1. The van der Waals surface area contributed by atoms with E-state index in [2.05, 4.69) is 4.98 Å². The van der Waals surface area contributed by atoms with Gasteiger partial charge in [0.15, 0.2) is 0 Å². The molecule has 1 aromatic heterocycles. The maximum Gasteiger partial charge on any atom is 0.128 e. The zero-order valence-electron chi connectivity index (χ0n) is 15.1. The Kier molecular flexibility index (Phi) is 4.63. The molecule has 0 bridgehead atoms. The first-order chi connectivity index (χ1) is 12.8. The Morgan fingerprint density at radius 2 is 1.96 bits per heavy atom. The summed E-state index contributed by atoms with van der Waals surface area (Å²) in [5.41, 5.74) is 2.28. The van der Waals surface area contributed by atoms with Crippen molar-refractivity contribution in [3.63, 3.8) is 0 Å². The molecule has 0 spiro atoms. The maximum atomic E-state index is 14.8. The van der Waals surface area contributed by atoms with Gasteiger partial charge in [-0.3, -0.25) is 4.21 Å². The second kappa shape index (κ2) is 6.71. The van der Waals surface area contributed by atoms with Crippen LogP contribution in [-0.2, 0) is 22.0 Å². The van der Waals surface area contributed by atoms with Gasteiger partial charge in [-0.1, -0.05) is 24.6 Å². The lowest BCUT2D eigenvalue weighted by Crippen LogP contribution is -2.27. The molecular formula is C21H20ClF2NOS. The van der Waals surface area contributed by atoms with Crippen molar-refractivity contribution in [2.75, 3.05) is 6.26 Å². The van der Waals surface area contributed by atoms with E-state index < -0.39 is 16.2 Å². The molecule has 0 radical (unpaired) electrons. The third-order valence-corrected chi connectivity index (χ3v) is 6.59. The van der Waals surface area contributed by atoms with Crippen LogP contribution in [0.15, 0.2) is 36.5 Å². The van der Waals surface area contributed by atoms with E-state index in [4.69, 9.17) is 11.6 Å². The second-order valence-electron chi connectivity index (χ2n) is 7.51. The molecule has 1 fully saturated rings. The molecule has 4 rings (SSSR count). The van der Waals surface area contributed by atoms with E-state index in [1.165, 1.54) is 18.2 Å². The van der Waals surface area contributed by atoms with Crippen molar-refractivity contribution in [1.82, 2.24) is 4.98 Å². The monoisotopic (exact) mass is 407 g/mol. The van der Waals surface area contributed by atoms with E-state index in [9.17, 15) is 13.0 Å². The van der Waals surface area contributed by atoms with Crippen molar-refractivity contribution in [3.8, 4) is 0 Å². The molecule has 0 amide bonds. The van der Waals surface area contributed by atoms with Gasteiger partial charge in [-0.15, -0.1) is 0 Å². The number of aromatic amines is 1. The maximum absolute atomic E-state index is 14.8. The summed E-state index contributed by atoms with van der Waals surface area (Å²) in [6.07, 6.45) is 5.43. The molecule has 1 saturated carbocycles. The molecular weight excluding hydrogens is 388 g/mol. The summed E-state index contributed by atoms with van der Waals surface area (Å²) in [6, 6.07) is 7.66. The number of aromatic nitrogens is 1. The number of halogens is 3. The fourth-order valence-corrected chi connectivity index (χ4v) is 5.01. The lowest BCUT2D eigenvalue weighted by Gasteiger charge is -2.31. The van der Waals surface area contributed by atoms with Gasteiger partial charge in [0.2, 0.25) is 0 Å². The largest absolute Gasteiger partial charge is 0.361 e. The third-order valence-electron chi connectivity index (χ3n) is 5.64. The van der Waals surface area contributed by atoms with E-state index in [1.807, 2.05) is 13.1 Å². The van der Waals surface area contributed by atoms with Crippen LogP contribution in [0.1, 0.15) is 36.5 Å². The number of hydrogen-bond donors (Lipinski definition) is 1. The van der Waals surface area contributed by atoms with Crippen LogP contribution in [0, 0.1) is 17.6 Å². The molecule has 2 nitrogen and oxygen atoms in total. The first kappa shape index (κ1) is 18.6. The summed E-state index contributed by atoms with van der Waals surface area (Å²) in [4.78, 5) is 3.23. The van der Waals surface area contributed by atoms with E-state index >= 15 is 0 Å². The Labute approximate surface area is 164 Å². The predicted octanol–water partition coefficient (Wildman–Crippen LogP) is 5.69. The Hall–Kier alpha value is -1.72. The van der Waals surface area contributed by atoms with Crippen molar-refractivity contribution < 1.29 is 13.0 Å². The molecule has 2 aromatic carbocycles. The highest BCUT2D eigenvalue weighted by Gasteiger charge is 2.46. The Morgan fingerprint density at radius 1 is 1.22 bits per heavy atom. The minimum atomic E-state index is -1.09. The van der Waals surface area contributed by atoms with Crippen molar-refractivity contribution in [2.45, 2.75) is 30.9 Å². The molecule has 1 aliphatic carbocycles. The highest BCUT2D eigenvalue weighted by Crippen LogP contribution is 2.53. The average Bonchev–Trinajstić information content (AvgIpc) is 3.34. The molecule has 6 heteroatoms. The minimum absolute atomic E-state index is 0.268. The lowest BCUT2D eigenvalue weighted by molar-refractivity contribution is 0.465. The van der Waals surface area contributed by atoms with Crippen molar-refractivity contribution in [2.24, 2.45) is 5.92 Å². The molecule has 2 unspecified atom stereocenters. The second-order valence-corrected chi connectivity index (χ2v) is 9.38. The van der Waals surface area contributed by atoms with E-state index in [0.717, 1.165) is 29.3 Å². The molecule has 3 aromatic rings. The fourth-order valence-electron chi connectivity index (χ4n) is 4.19. The van der Waals surface area contributed by atoms with Crippen LogP contribution in [0.2, 0.25) is 5.02 Å². The number of benzene rings is 2. The topological polar surface area (TPSA) is 32.9 Å². The minimum Gasteiger partial charge on any atom is -0.361 e. The first-order valence-corrected chi connectivity index (χ1v) is 11.0. The molecule has 142 valence electrons. The Bertz CT molecular complexity index is 1060. The third kappa shape index (κ3) is 3.21. The summed E-state index contributed by atoms with van der Waals surface area (Å²) < 4.78 is 40.9. The summed E-state index contributed by atoms with van der Waals surface area (Å²) in [5, 5.41) is 1.08. The van der Waals surface area contributed by atoms with Crippen molar-refractivity contribution in [1.29, 1.82) is 0 Å². The van der Waals surface area contributed by atoms with Gasteiger partial charge in [-0.05, 0) is 59.7 Å². The Balaban J connectivity index is 1.95. The smallest absolute Gasteiger partial charge is 0.128 e. The highest BCUT2D eigenvalue weighted by atomic mass is 35.5. The summed E-state index contributed by atoms with van der Waals surface area (Å²) >= 11 is 5.95. The predicted molar refractivity (Wildman–Crippen MR) is 107 cm³/mol. The van der Waals surface area contributed by atoms with Gasteiger partial charge < -0.3 is 4.98 Å².